The smallest absolute Gasteiger partial charge is 0.225 e. The maximum atomic E-state index is 12.4. The zero-order valence-corrected chi connectivity index (χ0v) is 15.0. The van der Waals surface area contributed by atoms with Crippen LogP contribution < -0.4 is 10.2 Å². The number of hydrogen-bond donors (Lipinski definition) is 1. The van der Waals surface area contributed by atoms with Crippen LogP contribution in [0.3, 0.4) is 0 Å². The van der Waals surface area contributed by atoms with Gasteiger partial charge < -0.3 is 15.1 Å². The number of carbonyl (C=O) groups is 2. The molecule has 1 N–H and O–H groups in total. The van der Waals surface area contributed by atoms with Crippen molar-refractivity contribution in [3.63, 3.8) is 0 Å². The summed E-state index contributed by atoms with van der Waals surface area (Å²) < 4.78 is 0. The molecule has 136 valence electrons. The standard InChI is InChI=1S/C20H24N4O2/c1-23(18-7-3-2-4-8-18)11-10-22-20(26)17-12-19(25)24(15-17)14-16-6-5-9-21-13-16/h2-9,13,17H,10-12,14-15H2,1H3,(H,22,26). The minimum atomic E-state index is -0.277. The Labute approximate surface area is 153 Å². The van der Waals surface area contributed by atoms with Gasteiger partial charge in [0.2, 0.25) is 11.8 Å². The summed E-state index contributed by atoms with van der Waals surface area (Å²) >= 11 is 0. The molecule has 2 heterocycles. The third kappa shape index (κ3) is 4.59. The summed E-state index contributed by atoms with van der Waals surface area (Å²) in [5, 5.41) is 2.96. The van der Waals surface area contributed by atoms with Crippen molar-refractivity contribution in [3.05, 3.63) is 60.4 Å². The lowest BCUT2D eigenvalue weighted by molar-refractivity contribution is -0.129. The molecule has 3 rings (SSSR count). The van der Waals surface area contributed by atoms with E-state index in [2.05, 4.69) is 15.2 Å². The molecule has 1 aliphatic heterocycles. The van der Waals surface area contributed by atoms with Crippen molar-refractivity contribution < 1.29 is 9.59 Å². The van der Waals surface area contributed by atoms with Gasteiger partial charge >= 0.3 is 0 Å². The van der Waals surface area contributed by atoms with Crippen LogP contribution in [0.2, 0.25) is 0 Å². The number of amides is 2. The first kappa shape index (κ1) is 17.9. The molecule has 1 aromatic heterocycles. The van der Waals surface area contributed by atoms with Crippen LogP contribution >= 0.6 is 0 Å². The lowest BCUT2D eigenvalue weighted by Crippen LogP contribution is -2.37. The molecule has 2 aromatic rings. The molecule has 26 heavy (non-hydrogen) atoms. The Morgan fingerprint density at radius 3 is 2.81 bits per heavy atom. The second kappa shape index (κ2) is 8.47. The van der Waals surface area contributed by atoms with Crippen molar-refractivity contribution in [1.29, 1.82) is 0 Å². The third-order valence-corrected chi connectivity index (χ3v) is 4.62. The Morgan fingerprint density at radius 1 is 1.27 bits per heavy atom. The van der Waals surface area contributed by atoms with E-state index in [1.165, 1.54) is 0 Å². The van der Waals surface area contributed by atoms with E-state index in [0.717, 1.165) is 17.8 Å². The Morgan fingerprint density at radius 2 is 2.08 bits per heavy atom. The van der Waals surface area contributed by atoms with Crippen molar-refractivity contribution >= 4 is 17.5 Å². The maximum absolute atomic E-state index is 12.4. The molecule has 1 aliphatic rings. The molecule has 2 amide bonds. The van der Waals surface area contributed by atoms with E-state index in [-0.39, 0.29) is 24.2 Å². The molecule has 0 bridgehead atoms. The lowest BCUT2D eigenvalue weighted by Gasteiger charge is -2.20. The number of para-hydroxylation sites is 1. The number of nitrogens with one attached hydrogen (secondary N) is 1. The summed E-state index contributed by atoms with van der Waals surface area (Å²) in [6.45, 7) is 2.24. The molecule has 1 atom stereocenters. The van der Waals surface area contributed by atoms with Gasteiger partial charge in [-0.05, 0) is 23.8 Å². The number of benzene rings is 1. The van der Waals surface area contributed by atoms with Gasteiger partial charge in [-0.2, -0.15) is 0 Å². The summed E-state index contributed by atoms with van der Waals surface area (Å²) in [6.07, 6.45) is 3.73. The van der Waals surface area contributed by atoms with Gasteiger partial charge in [-0.3, -0.25) is 14.6 Å². The number of aromatic nitrogens is 1. The van der Waals surface area contributed by atoms with Crippen LogP contribution in [0.5, 0.6) is 0 Å². The topological polar surface area (TPSA) is 65.5 Å². The summed E-state index contributed by atoms with van der Waals surface area (Å²) in [5.74, 6) is -0.301. The molecule has 0 spiro atoms. The van der Waals surface area contributed by atoms with Crippen LogP contribution in [-0.2, 0) is 16.1 Å². The van der Waals surface area contributed by atoms with Gasteiger partial charge in [0.15, 0.2) is 0 Å². The van der Waals surface area contributed by atoms with E-state index < -0.39 is 0 Å². The average molecular weight is 352 g/mol. The number of nitrogens with zero attached hydrogens (tertiary/aromatic N) is 3. The largest absolute Gasteiger partial charge is 0.373 e. The van der Waals surface area contributed by atoms with Crippen LogP contribution in [-0.4, -0.2) is 48.4 Å². The molecule has 1 unspecified atom stereocenters. The Bertz CT molecular complexity index is 736. The van der Waals surface area contributed by atoms with Crippen LogP contribution in [0.25, 0.3) is 0 Å². The highest BCUT2D eigenvalue weighted by atomic mass is 16.2. The summed E-state index contributed by atoms with van der Waals surface area (Å²) in [4.78, 5) is 32.5. The van der Waals surface area contributed by atoms with Crippen molar-refractivity contribution in [2.45, 2.75) is 13.0 Å². The number of pyridine rings is 1. The normalized spacial score (nSPS) is 16.6. The highest BCUT2D eigenvalue weighted by molar-refractivity contribution is 5.89. The fraction of sp³-hybridized carbons (Fsp3) is 0.350. The first-order valence-electron chi connectivity index (χ1n) is 8.84. The average Bonchev–Trinajstić information content (AvgIpc) is 3.04. The molecule has 6 heteroatoms. The van der Waals surface area contributed by atoms with E-state index in [1.807, 2.05) is 49.5 Å². The van der Waals surface area contributed by atoms with Crippen molar-refractivity contribution in [2.75, 3.05) is 31.6 Å². The number of anilines is 1. The van der Waals surface area contributed by atoms with Gasteiger partial charge in [0.25, 0.3) is 0 Å². The predicted octanol–water partition coefficient (Wildman–Crippen LogP) is 1.68. The Hall–Kier alpha value is -2.89. The zero-order valence-electron chi connectivity index (χ0n) is 15.0. The lowest BCUT2D eigenvalue weighted by atomic mass is 10.1. The van der Waals surface area contributed by atoms with E-state index in [0.29, 0.717) is 19.6 Å². The van der Waals surface area contributed by atoms with Crippen molar-refractivity contribution in [2.24, 2.45) is 5.92 Å². The number of likely N-dealkylation sites (N-methyl/N-ethyl adjacent to an activating group) is 1. The van der Waals surface area contributed by atoms with Crippen molar-refractivity contribution in [1.82, 2.24) is 15.2 Å². The van der Waals surface area contributed by atoms with E-state index in [4.69, 9.17) is 0 Å². The fourth-order valence-electron chi connectivity index (χ4n) is 3.12. The minimum Gasteiger partial charge on any atom is -0.373 e. The number of likely N-dealkylation sites (tertiary alicyclic amines) is 1. The van der Waals surface area contributed by atoms with Gasteiger partial charge in [0, 0.05) is 57.7 Å². The summed E-state index contributed by atoms with van der Waals surface area (Å²) in [6, 6.07) is 13.8. The molecule has 0 saturated carbocycles. The SMILES string of the molecule is CN(CCNC(=O)C1CC(=O)N(Cc2cccnc2)C1)c1ccccc1. The van der Waals surface area contributed by atoms with E-state index in [1.54, 1.807) is 17.3 Å². The monoisotopic (exact) mass is 352 g/mol. The third-order valence-electron chi connectivity index (χ3n) is 4.62. The van der Waals surface area contributed by atoms with Gasteiger partial charge in [-0.25, -0.2) is 0 Å². The number of hydrogen-bond acceptors (Lipinski definition) is 4. The quantitative estimate of drug-likeness (QED) is 0.823. The van der Waals surface area contributed by atoms with E-state index in [9.17, 15) is 9.59 Å². The molecule has 1 fully saturated rings. The summed E-state index contributed by atoms with van der Waals surface area (Å²) in [5.41, 5.74) is 2.09. The first-order chi connectivity index (χ1) is 12.6. The molecule has 6 nitrogen and oxygen atoms in total. The van der Waals surface area contributed by atoms with Crippen molar-refractivity contribution in [3.8, 4) is 0 Å². The van der Waals surface area contributed by atoms with Crippen LogP contribution in [0.1, 0.15) is 12.0 Å². The molecule has 1 saturated heterocycles. The number of rotatable bonds is 7. The van der Waals surface area contributed by atoms with Crippen LogP contribution in [0.4, 0.5) is 5.69 Å². The highest BCUT2D eigenvalue weighted by Crippen LogP contribution is 2.20. The predicted molar refractivity (Wildman–Crippen MR) is 100 cm³/mol. The second-order valence-corrected chi connectivity index (χ2v) is 6.58. The zero-order chi connectivity index (χ0) is 18.4. The molecule has 1 aromatic carbocycles. The number of carbonyl (C=O) groups excluding carboxylic acids is 2. The van der Waals surface area contributed by atoms with Gasteiger partial charge in [0.05, 0.1) is 5.92 Å². The highest BCUT2D eigenvalue weighted by Gasteiger charge is 2.34. The maximum Gasteiger partial charge on any atom is 0.225 e. The Balaban J connectivity index is 1.44. The van der Waals surface area contributed by atoms with Crippen LogP contribution in [0.15, 0.2) is 54.9 Å². The molecule has 0 radical (unpaired) electrons. The molecular formula is C20H24N4O2. The summed E-state index contributed by atoms with van der Waals surface area (Å²) in [7, 11) is 2.00. The second-order valence-electron chi connectivity index (χ2n) is 6.58. The molecule has 0 aliphatic carbocycles. The van der Waals surface area contributed by atoms with Gasteiger partial charge in [0.1, 0.15) is 0 Å². The molecular weight excluding hydrogens is 328 g/mol. The van der Waals surface area contributed by atoms with Crippen LogP contribution in [0, 0.1) is 5.92 Å². The van der Waals surface area contributed by atoms with Gasteiger partial charge in [-0.15, -0.1) is 0 Å². The van der Waals surface area contributed by atoms with E-state index >= 15 is 0 Å². The Kier molecular flexibility index (Phi) is 5.84. The van der Waals surface area contributed by atoms with Gasteiger partial charge in [-0.1, -0.05) is 24.3 Å². The minimum absolute atomic E-state index is 0.0235. The fourth-order valence-corrected chi connectivity index (χ4v) is 3.12. The first-order valence-corrected chi connectivity index (χ1v) is 8.84.